The van der Waals surface area contributed by atoms with Crippen molar-refractivity contribution in [3.8, 4) is 5.75 Å². The Bertz CT molecular complexity index is 849. The zero-order valence-corrected chi connectivity index (χ0v) is 14.5. The number of benzene rings is 1. The molecule has 1 atom stereocenters. The molecule has 0 aliphatic heterocycles. The van der Waals surface area contributed by atoms with Crippen molar-refractivity contribution in [2.75, 3.05) is 6.54 Å². The summed E-state index contributed by atoms with van der Waals surface area (Å²) in [6, 6.07) is 4.75. The number of ether oxygens (including phenoxy) is 1. The van der Waals surface area contributed by atoms with Gasteiger partial charge in [0.1, 0.15) is 29.5 Å². The highest BCUT2D eigenvalue weighted by molar-refractivity contribution is 5.84. The van der Waals surface area contributed by atoms with E-state index < -0.39 is 34.3 Å². The van der Waals surface area contributed by atoms with Gasteiger partial charge in [-0.25, -0.2) is 9.18 Å². The molecule has 0 fully saturated rings. The number of hydrogen-bond acceptors (Lipinski definition) is 6. The fourth-order valence-electron chi connectivity index (χ4n) is 2.08. The largest absolute Gasteiger partial charge is 0.478 e. The quantitative estimate of drug-likeness (QED) is 0.520. The second-order valence-corrected chi connectivity index (χ2v) is 6.07. The molecule has 2 N–H and O–H groups in total. The lowest BCUT2D eigenvalue weighted by molar-refractivity contribution is -0.385. The number of nitro groups is 1. The lowest BCUT2D eigenvalue weighted by Gasteiger charge is -2.25. The van der Waals surface area contributed by atoms with Crippen LogP contribution in [0.4, 0.5) is 10.1 Å². The summed E-state index contributed by atoms with van der Waals surface area (Å²) in [5.41, 5.74) is -1.59. The Kier molecular flexibility index (Phi) is 5.73. The number of hydrogen-bond donors (Lipinski definition) is 2. The Labute approximate surface area is 152 Å². The summed E-state index contributed by atoms with van der Waals surface area (Å²) >= 11 is 0. The highest BCUT2D eigenvalue weighted by Gasteiger charge is 2.33. The third-order valence-electron chi connectivity index (χ3n) is 3.72. The maximum atomic E-state index is 12.9. The standard InChI is InChI=1S/C16H17FN4O6/c1-16(2,20-9-11(7-19-20)21(25)26)15(24)18-8-13(14(22)23)27-12-5-3-10(17)4-6-12/h3-7,9,13H,8H2,1-2H3,(H,18,24)(H,22,23). The summed E-state index contributed by atoms with van der Waals surface area (Å²) in [5.74, 6) is -2.32. The zero-order valence-electron chi connectivity index (χ0n) is 14.5. The molecule has 1 amide bonds. The number of carboxylic acid groups (broad SMARTS) is 1. The van der Waals surface area contributed by atoms with E-state index >= 15 is 0 Å². The average Bonchev–Trinajstić information content (AvgIpc) is 3.10. The molecule has 0 spiro atoms. The van der Waals surface area contributed by atoms with E-state index in [1.54, 1.807) is 0 Å². The number of nitrogens with zero attached hydrogens (tertiary/aromatic N) is 3. The Balaban J connectivity index is 2.04. The monoisotopic (exact) mass is 380 g/mol. The van der Waals surface area contributed by atoms with Crippen molar-refractivity contribution in [1.82, 2.24) is 15.1 Å². The molecule has 0 bridgehead atoms. The molecule has 11 heteroatoms. The minimum Gasteiger partial charge on any atom is -0.478 e. The van der Waals surface area contributed by atoms with Crippen molar-refractivity contribution in [3.05, 3.63) is 52.6 Å². The van der Waals surface area contributed by atoms with Crippen LogP contribution in [0.1, 0.15) is 13.8 Å². The van der Waals surface area contributed by atoms with Crippen molar-refractivity contribution in [2.24, 2.45) is 0 Å². The van der Waals surface area contributed by atoms with Gasteiger partial charge in [-0.2, -0.15) is 5.10 Å². The molecular formula is C16H17FN4O6. The first-order valence-electron chi connectivity index (χ1n) is 7.74. The summed E-state index contributed by atoms with van der Waals surface area (Å²) in [6.07, 6.45) is 0.692. The first kappa shape index (κ1) is 19.8. The lowest BCUT2D eigenvalue weighted by atomic mass is 10.1. The predicted octanol–water partition coefficient (Wildman–Crippen LogP) is 1.31. The third kappa shape index (κ3) is 4.77. The van der Waals surface area contributed by atoms with Crippen molar-refractivity contribution in [1.29, 1.82) is 0 Å². The number of carbonyl (C=O) groups excluding carboxylic acids is 1. The highest BCUT2D eigenvalue weighted by atomic mass is 19.1. The van der Waals surface area contributed by atoms with E-state index in [1.807, 2.05) is 0 Å². The summed E-state index contributed by atoms with van der Waals surface area (Å²) in [6.45, 7) is 2.56. The van der Waals surface area contributed by atoms with Crippen molar-refractivity contribution in [3.63, 3.8) is 0 Å². The molecule has 2 rings (SSSR count). The summed E-state index contributed by atoms with van der Waals surface area (Å²) < 4.78 is 19.3. The van der Waals surface area contributed by atoms with Gasteiger partial charge in [0.2, 0.25) is 12.0 Å². The molecule has 0 saturated heterocycles. The Morgan fingerprint density at radius 3 is 2.56 bits per heavy atom. The lowest BCUT2D eigenvalue weighted by Crippen LogP contribution is -2.49. The second kappa shape index (κ2) is 7.81. The molecule has 1 heterocycles. The molecule has 2 aromatic rings. The smallest absolute Gasteiger partial charge is 0.346 e. The fraction of sp³-hybridized carbons (Fsp3) is 0.312. The molecule has 0 saturated carbocycles. The maximum Gasteiger partial charge on any atom is 0.346 e. The number of aromatic nitrogens is 2. The number of nitrogens with one attached hydrogen (secondary N) is 1. The van der Waals surface area contributed by atoms with Gasteiger partial charge in [-0.3, -0.25) is 19.6 Å². The van der Waals surface area contributed by atoms with Crippen molar-refractivity contribution >= 4 is 17.6 Å². The molecule has 1 unspecified atom stereocenters. The maximum absolute atomic E-state index is 12.9. The van der Waals surface area contributed by atoms with E-state index in [4.69, 9.17) is 4.74 Å². The first-order valence-corrected chi connectivity index (χ1v) is 7.74. The van der Waals surface area contributed by atoms with Crippen LogP contribution in [0.25, 0.3) is 0 Å². The number of halogens is 1. The van der Waals surface area contributed by atoms with Crippen LogP contribution in [0.5, 0.6) is 5.75 Å². The Morgan fingerprint density at radius 1 is 1.41 bits per heavy atom. The molecule has 1 aromatic heterocycles. The molecule has 27 heavy (non-hydrogen) atoms. The van der Waals surface area contributed by atoms with Crippen LogP contribution in [0, 0.1) is 15.9 Å². The predicted molar refractivity (Wildman–Crippen MR) is 89.7 cm³/mol. The van der Waals surface area contributed by atoms with Crippen LogP contribution in [0.2, 0.25) is 0 Å². The molecule has 0 aliphatic rings. The number of aliphatic carboxylic acids is 1. The van der Waals surface area contributed by atoms with Gasteiger partial charge in [-0.15, -0.1) is 0 Å². The zero-order chi connectivity index (χ0) is 20.2. The van der Waals surface area contributed by atoms with E-state index in [2.05, 4.69) is 10.4 Å². The minimum atomic E-state index is -1.41. The summed E-state index contributed by atoms with van der Waals surface area (Å²) in [7, 11) is 0. The van der Waals surface area contributed by atoms with Gasteiger partial charge in [-0.05, 0) is 38.1 Å². The molecule has 1 aromatic carbocycles. The highest BCUT2D eigenvalue weighted by Crippen LogP contribution is 2.19. The molecule has 10 nitrogen and oxygen atoms in total. The molecule has 0 radical (unpaired) electrons. The second-order valence-electron chi connectivity index (χ2n) is 6.07. The molecular weight excluding hydrogens is 363 g/mol. The topological polar surface area (TPSA) is 137 Å². The summed E-state index contributed by atoms with van der Waals surface area (Å²) in [5, 5.41) is 26.2. The van der Waals surface area contributed by atoms with Crippen LogP contribution >= 0.6 is 0 Å². The average molecular weight is 380 g/mol. The Morgan fingerprint density at radius 2 is 2.04 bits per heavy atom. The number of amides is 1. The third-order valence-corrected chi connectivity index (χ3v) is 3.72. The number of rotatable bonds is 8. The van der Waals surface area contributed by atoms with E-state index in [0.717, 1.165) is 29.2 Å². The van der Waals surface area contributed by atoms with Gasteiger partial charge in [0.15, 0.2) is 0 Å². The Hall–Kier alpha value is -3.50. The first-order chi connectivity index (χ1) is 12.6. The van der Waals surface area contributed by atoms with Crippen LogP contribution in [-0.2, 0) is 15.1 Å². The van der Waals surface area contributed by atoms with E-state index in [-0.39, 0.29) is 18.0 Å². The van der Waals surface area contributed by atoms with Crippen molar-refractivity contribution < 1.29 is 28.7 Å². The van der Waals surface area contributed by atoms with Gasteiger partial charge in [0.05, 0.1) is 11.5 Å². The van der Waals surface area contributed by atoms with Crippen LogP contribution in [0.15, 0.2) is 36.7 Å². The van der Waals surface area contributed by atoms with Gasteiger partial charge >= 0.3 is 11.7 Å². The summed E-state index contributed by atoms with van der Waals surface area (Å²) in [4.78, 5) is 33.9. The van der Waals surface area contributed by atoms with Gasteiger partial charge in [-0.1, -0.05) is 0 Å². The molecule has 144 valence electrons. The normalized spacial score (nSPS) is 12.3. The van der Waals surface area contributed by atoms with Gasteiger partial charge < -0.3 is 15.2 Å². The van der Waals surface area contributed by atoms with Gasteiger partial charge in [0.25, 0.3) is 0 Å². The van der Waals surface area contributed by atoms with Crippen LogP contribution in [0.3, 0.4) is 0 Å². The SMILES string of the molecule is CC(C)(C(=O)NCC(Oc1ccc(F)cc1)C(=O)O)n1cc([N+](=O)[O-])cn1. The fourth-order valence-corrected chi connectivity index (χ4v) is 2.08. The number of carbonyl (C=O) groups is 2. The van der Waals surface area contributed by atoms with E-state index in [9.17, 15) is 29.2 Å². The van der Waals surface area contributed by atoms with E-state index in [0.29, 0.717) is 0 Å². The van der Waals surface area contributed by atoms with Gasteiger partial charge in [0, 0.05) is 0 Å². The van der Waals surface area contributed by atoms with Crippen molar-refractivity contribution in [2.45, 2.75) is 25.5 Å². The number of carboxylic acids is 1. The molecule has 0 aliphatic carbocycles. The van der Waals surface area contributed by atoms with Crippen LogP contribution in [-0.4, -0.2) is 44.3 Å². The van der Waals surface area contributed by atoms with E-state index in [1.165, 1.54) is 26.0 Å². The van der Waals surface area contributed by atoms with Crippen LogP contribution < -0.4 is 10.1 Å². The minimum absolute atomic E-state index is 0.125.